The number of hydrogen-bond donors (Lipinski definition) is 0. The number of unbranched alkanes of at least 4 members (excludes halogenated alkanes) is 2. The average Bonchev–Trinajstić information content (AvgIpc) is 3.24. The number of benzene rings is 3. The molecule has 1 aromatic heterocycles. The number of anilines is 1. The first kappa shape index (κ1) is 30.0. The lowest BCUT2D eigenvalue weighted by Gasteiger charge is -2.22. The van der Waals surface area contributed by atoms with Crippen molar-refractivity contribution in [3.05, 3.63) is 78.4 Å². The maximum atomic E-state index is 13.1. The minimum absolute atomic E-state index is 0.158. The van der Waals surface area contributed by atoms with E-state index in [1.54, 1.807) is 42.5 Å². The van der Waals surface area contributed by atoms with Crippen LogP contribution in [0.3, 0.4) is 0 Å². The molecule has 0 spiro atoms. The van der Waals surface area contributed by atoms with Gasteiger partial charge in [-0.15, -0.1) is 5.06 Å². The van der Waals surface area contributed by atoms with Gasteiger partial charge >= 0.3 is 17.9 Å². The average molecular weight is 571 g/mol. The molecule has 3 aromatic carbocycles. The van der Waals surface area contributed by atoms with E-state index < -0.39 is 23.8 Å². The predicted molar refractivity (Wildman–Crippen MR) is 159 cm³/mol. The van der Waals surface area contributed by atoms with Gasteiger partial charge in [0.2, 0.25) is 0 Å². The van der Waals surface area contributed by atoms with Gasteiger partial charge in [0, 0.05) is 44.7 Å². The van der Waals surface area contributed by atoms with E-state index in [1.165, 1.54) is 20.8 Å². The molecule has 0 N–H and O–H groups in total. The zero-order chi connectivity index (χ0) is 30.2. The molecule has 1 heterocycles. The van der Waals surface area contributed by atoms with E-state index in [0.717, 1.165) is 29.0 Å². The molecule has 9 nitrogen and oxygen atoms in total. The third-order valence-electron chi connectivity index (χ3n) is 6.51. The molecule has 0 saturated carbocycles. The van der Waals surface area contributed by atoms with Crippen LogP contribution < -0.4 is 14.5 Å². The lowest BCUT2D eigenvalue weighted by molar-refractivity contribution is -0.150. The Bertz CT molecular complexity index is 1590. The van der Waals surface area contributed by atoms with Crippen LogP contribution in [-0.2, 0) is 30.6 Å². The third kappa shape index (κ3) is 7.23. The third-order valence-corrected chi connectivity index (χ3v) is 6.51. The lowest BCUT2D eigenvalue weighted by atomic mass is 10.1. The van der Waals surface area contributed by atoms with E-state index in [9.17, 15) is 19.2 Å². The Morgan fingerprint density at radius 3 is 2.05 bits per heavy atom. The lowest BCUT2D eigenvalue weighted by Crippen LogP contribution is -2.32. The van der Waals surface area contributed by atoms with Crippen molar-refractivity contribution >= 4 is 40.4 Å². The van der Waals surface area contributed by atoms with Gasteiger partial charge < -0.3 is 18.9 Å². The Labute approximate surface area is 244 Å². The topological polar surface area (TPSA) is 104 Å². The van der Waals surface area contributed by atoms with Gasteiger partial charge in [0.15, 0.2) is 0 Å². The number of esters is 2. The number of carbonyl (C=O) groups is 4. The minimum atomic E-state index is -0.532. The second-order valence-electron chi connectivity index (χ2n) is 9.89. The van der Waals surface area contributed by atoms with Crippen molar-refractivity contribution in [1.82, 2.24) is 4.57 Å². The number of carbonyl (C=O) groups excluding carboxylic acids is 4. The standard InChI is InChI=1S/C33H34N2O7/c1-5-6-8-13-31(39)42-35(22(2)36)33-29-20-28(41-24(4)38)18-19-30(29)34(21-25-11-9-7-10-12-25)32(33)26-14-16-27(17-15-26)40-23(3)37/h7,9-12,14-20H,5-6,8,13,21H2,1-4H3. The van der Waals surface area contributed by atoms with Crippen molar-refractivity contribution in [2.45, 2.75) is 59.9 Å². The van der Waals surface area contributed by atoms with Gasteiger partial charge in [-0.3, -0.25) is 14.4 Å². The minimum Gasteiger partial charge on any atom is -0.427 e. The number of amides is 1. The monoisotopic (exact) mass is 570 g/mol. The number of hydroxylamine groups is 1. The molecule has 0 aliphatic carbocycles. The van der Waals surface area contributed by atoms with E-state index in [0.29, 0.717) is 41.0 Å². The largest absolute Gasteiger partial charge is 0.427 e. The highest BCUT2D eigenvalue weighted by Crippen LogP contribution is 2.43. The van der Waals surface area contributed by atoms with Gasteiger partial charge in [0.1, 0.15) is 17.2 Å². The number of rotatable bonds is 10. The van der Waals surface area contributed by atoms with Gasteiger partial charge in [-0.1, -0.05) is 50.1 Å². The van der Waals surface area contributed by atoms with Crippen LogP contribution in [0, 0.1) is 0 Å². The van der Waals surface area contributed by atoms with Crippen LogP contribution in [0.5, 0.6) is 11.5 Å². The number of hydrogen-bond acceptors (Lipinski definition) is 7. The SMILES string of the molecule is CCCCCC(=O)ON(C(C)=O)c1c(-c2ccc(OC(C)=O)cc2)n(Cc2ccccc2)c2ccc(OC(C)=O)cc12. The Hall–Kier alpha value is -4.92. The zero-order valence-corrected chi connectivity index (χ0v) is 24.2. The van der Waals surface area contributed by atoms with Gasteiger partial charge in [-0.05, 0) is 54.4 Å². The highest BCUT2D eigenvalue weighted by atomic mass is 16.7. The fourth-order valence-corrected chi connectivity index (χ4v) is 4.75. The molecule has 4 rings (SSSR count). The summed E-state index contributed by atoms with van der Waals surface area (Å²) in [6, 6.07) is 21.8. The fourth-order valence-electron chi connectivity index (χ4n) is 4.75. The molecule has 42 heavy (non-hydrogen) atoms. The molecule has 0 saturated heterocycles. The highest BCUT2D eigenvalue weighted by molar-refractivity contribution is 6.09. The van der Waals surface area contributed by atoms with Crippen LogP contribution in [0.15, 0.2) is 72.8 Å². The summed E-state index contributed by atoms with van der Waals surface area (Å²) >= 11 is 0. The molecule has 0 atom stereocenters. The quantitative estimate of drug-likeness (QED) is 0.0916. The first-order valence-electron chi connectivity index (χ1n) is 13.9. The molecule has 0 aliphatic heterocycles. The van der Waals surface area contributed by atoms with Crippen molar-refractivity contribution in [3.8, 4) is 22.8 Å². The van der Waals surface area contributed by atoms with Crippen LogP contribution >= 0.6 is 0 Å². The van der Waals surface area contributed by atoms with Gasteiger partial charge in [0.05, 0.1) is 11.2 Å². The molecule has 9 heteroatoms. The van der Waals surface area contributed by atoms with Gasteiger partial charge in [-0.25, -0.2) is 4.79 Å². The molecular formula is C33H34N2O7. The summed E-state index contributed by atoms with van der Waals surface area (Å²) in [5, 5.41) is 1.56. The summed E-state index contributed by atoms with van der Waals surface area (Å²) in [5.41, 5.74) is 3.30. The summed E-state index contributed by atoms with van der Waals surface area (Å²) in [6.07, 6.45) is 2.59. The molecule has 0 aliphatic rings. The summed E-state index contributed by atoms with van der Waals surface area (Å²) in [6.45, 7) is 6.41. The van der Waals surface area contributed by atoms with E-state index >= 15 is 0 Å². The first-order valence-corrected chi connectivity index (χ1v) is 13.9. The van der Waals surface area contributed by atoms with E-state index in [4.69, 9.17) is 14.3 Å². The molecule has 0 fully saturated rings. The normalized spacial score (nSPS) is 10.8. The predicted octanol–water partition coefficient (Wildman–Crippen LogP) is 6.60. The van der Waals surface area contributed by atoms with Crippen molar-refractivity contribution in [1.29, 1.82) is 0 Å². The second-order valence-corrected chi connectivity index (χ2v) is 9.89. The van der Waals surface area contributed by atoms with E-state index in [1.807, 2.05) is 41.8 Å². The number of ether oxygens (including phenoxy) is 2. The van der Waals surface area contributed by atoms with Crippen LogP contribution in [0.25, 0.3) is 22.2 Å². The molecule has 218 valence electrons. The Balaban J connectivity index is 1.98. The fraction of sp³-hybridized carbons (Fsp3) is 0.273. The summed E-state index contributed by atoms with van der Waals surface area (Å²) in [4.78, 5) is 55.1. The Morgan fingerprint density at radius 2 is 1.43 bits per heavy atom. The number of nitrogens with zero attached hydrogens (tertiary/aromatic N) is 2. The van der Waals surface area contributed by atoms with Crippen LogP contribution in [0.2, 0.25) is 0 Å². The molecule has 0 unspecified atom stereocenters. The van der Waals surface area contributed by atoms with Crippen molar-refractivity contribution in [2.24, 2.45) is 0 Å². The van der Waals surface area contributed by atoms with Crippen molar-refractivity contribution in [3.63, 3.8) is 0 Å². The van der Waals surface area contributed by atoms with Crippen LogP contribution in [-0.4, -0.2) is 28.4 Å². The highest BCUT2D eigenvalue weighted by Gasteiger charge is 2.29. The Kier molecular flexibility index (Phi) is 9.75. The zero-order valence-electron chi connectivity index (χ0n) is 24.2. The van der Waals surface area contributed by atoms with Gasteiger partial charge in [-0.2, -0.15) is 0 Å². The van der Waals surface area contributed by atoms with Crippen molar-refractivity contribution < 1.29 is 33.5 Å². The Morgan fingerprint density at radius 1 is 0.786 bits per heavy atom. The molecule has 4 aromatic rings. The molecule has 0 bridgehead atoms. The molecule has 1 amide bonds. The number of aromatic nitrogens is 1. The van der Waals surface area contributed by atoms with Gasteiger partial charge in [0.25, 0.3) is 5.91 Å². The van der Waals surface area contributed by atoms with Crippen molar-refractivity contribution in [2.75, 3.05) is 5.06 Å². The maximum Gasteiger partial charge on any atom is 0.333 e. The smallest absolute Gasteiger partial charge is 0.333 e. The first-order chi connectivity index (χ1) is 20.2. The maximum absolute atomic E-state index is 13.1. The summed E-state index contributed by atoms with van der Waals surface area (Å²) < 4.78 is 12.6. The molecule has 0 radical (unpaired) electrons. The summed E-state index contributed by atoms with van der Waals surface area (Å²) in [7, 11) is 0. The van der Waals surface area contributed by atoms with Crippen LogP contribution in [0.1, 0.15) is 58.9 Å². The second kappa shape index (κ2) is 13.6. The molecular weight excluding hydrogens is 536 g/mol. The van der Waals surface area contributed by atoms with E-state index in [2.05, 4.69) is 0 Å². The van der Waals surface area contributed by atoms with E-state index in [-0.39, 0.29) is 12.2 Å². The summed E-state index contributed by atoms with van der Waals surface area (Å²) in [5.74, 6) is -1.34. The van der Waals surface area contributed by atoms with Crippen LogP contribution in [0.4, 0.5) is 5.69 Å². The number of fused-ring (bicyclic) bond motifs is 1.